The molecule has 10 nitrogen and oxygen atoms in total. The molecule has 1 saturated heterocycles. The molecule has 0 aromatic heterocycles. The van der Waals surface area contributed by atoms with E-state index in [4.69, 9.17) is 9.47 Å². The standard InChI is InChI=1S/C22H23NO9/c1-31-19-9-4-11(25)20(32-2)18(28)14(9)17(27)15-10(24)3-8-5-21(29,12-7-23-12)6-13(26)22(8,30)16(15)19/h4,8,12,23,25,27-30H,3,5-7H2,1-2H3/t8-,12+,21+,22+/m0/s1. The van der Waals surface area contributed by atoms with E-state index in [2.05, 4.69) is 5.32 Å². The molecule has 170 valence electrons. The number of aromatic hydroxyl groups is 3. The van der Waals surface area contributed by atoms with Gasteiger partial charge in [-0.15, -0.1) is 0 Å². The number of nitrogens with one attached hydrogen (secondary N) is 1. The monoisotopic (exact) mass is 445 g/mol. The minimum atomic E-state index is -2.20. The van der Waals surface area contributed by atoms with Crippen molar-refractivity contribution in [2.75, 3.05) is 20.8 Å². The van der Waals surface area contributed by atoms with E-state index in [0.29, 0.717) is 6.54 Å². The molecule has 4 atom stereocenters. The Kier molecular flexibility index (Phi) is 4.21. The molecule has 5 rings (SSSR count). The van der Waals surface area contributed by atoms with E-state index in [1.807, 2.05) is 0 Å². The van der Waals surface area contributed by atoms with Crippen LogP contribution in [0.1, 0.15) is 35.2 Å². The lowest BCUT2D eigenvalue weighted by molar-refractivity contribution is -0.167. The van der Waals surface area contributed by atoms with Crippen LogP contribution in [0.4, 0.5) is 0 Å². The predicted octanol–water partition coefficient (Wildman–Crippen LogP) is 0.430. The molecule has 6 N–H and O–H groups in total. The van der Waals surface area contributed by atoms with Gasteiger partial charge in [-0.25, -0.2) is 0 Å². The Balaban J connectivity index is 1.84. The van der Waals surface area contributed by atoms with Gasteiger partial charge < -0.3 is 40.3 Å². The van der Waals surface area contributed by atoms with Crippen LogP contribution in [0.15, 0.2) is 6.07 Å². The second kappa shape index (κ2) is 6.47. The maximum Gasteiger partial charge on any atom is 0.203 e. The fourth-order valence-electron chi connectivity index (χ4n) is 5.48. The van der Waals surface area contributed by atoms with E-state index in [0.717, 1.165) is 6.07 Å². The van der Waals surface area contributed by atoms with Crippen LogP contribution in [0.5, 0.6) is 28.7 Å². The highest BCUT2D eigenvalue weighted by Gasteiger charge is 2.62. The molecule has 0 radical (unpaired) electrons. The summed E-state index contributed by atoms with van der Waals surface area (Å²) in [5.41, 5.74) is -4.14. The lowest BCUT2D eigenvalue weighted by atomic mass is 9.58. The molecule has 0 spiro atoms. The number of benzene rings is 2. The average Bonchev–Trinajstić information content (AvgIpc) is 3.56. The van der Waals surface area contributed by atoms with Gasteiger partial charge in [0.2, 0.25) is 5.75 Å². The van der Waals surface area contributed by atoms with Crippen LogP contribution in [-0.4, -0.2) is 69.5 Å². The number of methoxy groups -OCH3 is 2. The van der Waals surface area contributed by atoms with Crippen molar-refractivity contribution in [3.8, 4) is 28.7 Å². The molecule has 0 amide bonds. The van der Waals surface area contributed by atoms with Crippen LogP contribution < -0.4 is 14.8 Å². The highest BCUT2D eigenvalue weighted by Crippen LogP contribution is 2.59. The van der Waals surface area contributed by atoms with Gasteiger partial charge >= 0.3 is 0 Å². The van der Waals surface area contributed by atoms with Crippen molar-refractivity contribution in [2.24, 2.45) is 5.92 Å². The number of phenolic OH excluding ortho intramolecular Hbond substituents is 3. The third-order valence-corrected chi connectivity index (χ3v) is 7.07. The molecule has 1 aliphatic heterocycles. The summed E-state index contributed by atoms with van der Waals surface area (Å²) in [5.74, 6) is -4.40. The normalized spacial score (nSPS) is 31.2. The van der Waals surface area contributed by atoms with E-state index in [1.165, 1.54) is 14.2 Å². The summed E-state index contributed by atoms with van der Waals surface area (Å²) in [6.45, 7) is 0.536. The SMILES string of the molecule is COc1c(O)cc2c(OC)c3c(c(O)c2c1O)C(=O)C[C@H]1C[C@](O)([C@H]2CN2)CC(=O)[C@@]31O. The van der Waals surface area contributed by atoms with Crippen LogP contribution in [0.3, 0.4) is 0 Å². The van der Waals surface area contributed by atoms with Gasteiger partial charge in [-0.1, -0.05) is 0 Å². The first kappa shape index (κ1) is 20.8. The van der Waals surface area contributed by atoms with Crippen molar-refractivity contribution in [3.63, 3.8) is 0 Å². The third-order valence-electron chi connectivity index (χ3n) is 7.07. The smallest absolute Gasteiger partial charge is 0.203 e. The van der Waals surface area contributed by atoms with Crippen LogP contribution in [0.25, 0.3) is 10.8 Å². The van der Waals surface area contributed by atoms with Gasteiger partial charge in [-0.2, -0.15) is 0 Å². The molecule has 3 aliphatic rings. The van der Waals surface area contributed by atoms with E-state index in [1.54, 1.807) is 0 Å². The molecule has 1 heterocycles. The van der Waals surface area contributed by atoms with E-state index in [-0.39, 0.29) is 58.7 Å². The summed E-state index contributed by atoms with van der Waals surface area (Å²) in [5, 5.41) is 57.4. The molecule has 0 unspecified atom stereocenters. The summed E-state index contributed by atoms with van der Waals surface area (Å²) in [6, 6.07) is 0.864. The molecule has 2 aromatic rings. The number of hydrogen-bond acceptors (Lipinski definition) is 10. The van der Waals surface area contributed by atoms with Crippen LogP contribution in [-0.2, 0) is 10.4 Å². The predicted molar refractivity (Wildman–Crippen MR) is 109 cm³/mol. The number of carbonyl (C=O) groups is 2. The number of aliphatic hydroxyl groups is 2. The third kappa shape index (κ3) is 2.45. The Bertz CT molecular complexity index is 1200. The zero-order valence-electron chi connectivity index (χ0n) is 17.4. The van der Waals surface area contributed by atoms with Gasteiger partial charge in [0.1, 0.15) is 11.5 Å². The van der Waals surface area contributed by atoms with Gasteiger partial charge in [0.05, 0.1) is 30.8 Å². The van der Waals surface area contributed by atoms with Crippen LogP contribution in [0.2, 0.25) is 0 Å². The molecular formula is C22H23NO9. The molecule has 2 fully saturated rings. The van der Waals surface area contributed by atoms with Crippen molar-refractivity contribution < 1.29 is 44.6 Å². The summed E-state index contributed by atoms with van der Waals surface area (Å²) in [7, 11) is 2.46. The minimum absolute atomic E-state index is 0.000841. The van der Waals surface area contributed by atoms with Crippen molar-refractivity contribution in [1.82, 2.24) is 5.32 Å². The largest absolute Gasteiger partial charge is 0.506 e. The topological polar surface area (TPSA) is 176 Å². The molecule has 2 aliphatic carbocycles. The lowest BCUT2D eigenvalue weighted by Crippen LogP contribution is -2.59. The number of ketones is 2. The number of ether oxygens (including phenoxy) is 2. The van der Waals surface area contributed by atoms with Crippen molar-refractivity contribution in [1.29, 1.82) is 0 Å². The quantitative estimate of drug-likeness (QED) is 0.363. The van der Waals surface area contributed by atoms with Gasteiger partial charge in [0.15, 0.2) is 28.7 Å². The zero-order valence-corrected chi connectivity index (χ0v) is 17.4. The Morgan fingerprint density at radius 1 is 1.06 bits per heavy atom. The second-order valence-corrected chi connectivity index (χ2v) is 8.79. The minimum Gasteiger partial charge on any atom is -0.506 e. The van der Waals surface area contributed by atoms with Gasteiger partial charge in [0.25, 0.3) is 0 Å². The summed E-state index contributed by atoms with van der Waals surface area (Å²) >= 11 is 0. The summed E-state index contributed by atoms with van der Waals surface area (Å²) in [4.78, 5) is 26.5. The first-order valence-electron chi connectivity index (χ1n) is 10.2. The average molecular weight is 445 g/mol. The summed E-state index contributed by atoms with van der Waals surface area (Å²) < 4.78 is 10.5. The molecule has 1 saturated carbocycles. The number of Topliss-reactive ketones (excluding diaryl/α,β-unsaturated/α-hetero) is 2. The van der Waals surface area contributed by atoms with Crippen LogP contribution in [0, 0.1) is 5.92 Å². The van der Waals surface area contributed by atoms with Crippen LogP contribution >= 0.6 is 0 Å². The Hall–Kier alpha value is -3.08. The molecular weight excluding hydrogens is 422 g/mol. The Morgan fingerprint density at radius 2 is 1.72 bits per heavy atom. The highest BCUT2D eigenvalue weighted by molar-refractivity contribution is 6.14. The van der Waals surface area contributed by atoms with Crippen molar-refractivity contribution in [3.05, 3.63) is 17.2 Å². The number of carbonyl (C=O) groups excluding carboxylic acids is 2. The second-order valence-electron chi connectivity index (χ2n) is 8.79. The van der Waals surface area contributed by atoms with Gasteiger partial charge in [0, 0.05) is 42.3 Å². The maximum absolute atomic E-state index is 13.3. The lowest BCUT2D eigenvalue weighted by Gasteiger charge is -2.48. The number of rotatable bonds is 3. The fourth-order valence-corrected chi connectivity index (χ4v) is 5.48. The number of fused-ring (bicyclic) bond motifs is 4. The Labute approximate surface area is 182 Å². The van der Waals surface area contributed by atoms with E-state index < -0.39 is 45.9 Å². The molecule has 2 aromatic carbocycles. The summed E-state index contributed by atoms with van der Waals surface area (Å²) in [6.07, 6.45) is -0.631. The highest BCUT2D eigenvalue weighted by atomic mass is 16.5. The van der Waals surface area contributed by atoms with E-state index in [9.17, 15) is 35.1 Å². The molecule has 32 heavy (non-hydrogen) atoms. The van der Waals surface area contributed by atoms with Gasteiger partial charge in [-0.05, 0) is 12.5 Å². The first-order chi connectivity index (χ1) is 15.1. The van der Waals surface area contributed by atoms with Gasteiger partial charge in [-0.3, -0.25) is 9.59 Å². The maximum atomic E-state index is 13.3. The zero-order chi connectivity index (χ0) is 23.2. The van der Waals surface area contributed by atoms with Crippen molar-refractivity contribution >= 4 is 22.3 Å². The van der Waals surface area contributed by atoms with Crippen molar-refractivity contribution in [2.45, 2.75) is 36.5 Å². The number of hydrogen-bond donors (Lipinski definition) is 6. The number of phenols is 3. The van der Waals surface area contributed by atoms with E-state index >= 15 is 0 Å². The molecule has 0 bridgehead atoms. The Morgan fingerprint density at radius 3 is 2.31 bits per heavy atom. The first-order valence-corrected chi connectivity index (χ1v) is 10.2. The fraction of sp³-hybridized carbons (Fsp3) is 0.455. The molecule has 10 heteroatoms.